The zero-order valence-corrected chi connectivity index (χ0v) is 20.3. The SMILES string of the molecule is COc1ccc(OC)c(S(=O)(=O)N2CCN(C(=O)CSc3nnc(NC4CC4)s3)CC2)c1. The number of thioether (sulfide) groups is 1. The summed E-state index contributed by atoms with van der Waals surface area (Å²) in [5.41, 5.74) is 0. The van der Waals surface area contributed by atoms with E-state index in [1.165, 1.54) is 47.7 Å². The summed E-state index contributed by atoms with van der Waals surface area (Å²) in [5.74, 6) is 0.891. The second-order valence-corrected chi connectivity index (χ2v) is 11.5. The van der Waals surface area contributed by atoms with Crippen LogP contribution in [0.4, 0.5) is 5.13 Å². The maximum atomic E-state index is 13.2. The molecular formula is C19H25N5O5S3. The lowest BCUT2D eigenvalue weighted by Gasteiger charge is -2.34. The third-order valence-electron chi connectivity index (χ3n) is 5.21. The second-order valence-electron chi connectivity index (χ2n) is 7.38. The molecule has 10 nitrogen and oxygen atoms in total. The highest BCUT2D eigenvalue weighted by Gasteiger charge is 2.32. The van der Waals surface area contributed by atoms with Gasteiger partial charge < -0.3 is 19.7 Å². The van der Waals surface area contributed by atoms with Gasteiger partial charge in [0, 0.05) is 38.3 Å². The third kappa shape index (κ3) is 5.27. The zero-order chi connectivity index (χ0) is 22.7. The molecule has 13 heteroatoms. The third-order valence-corrected chi connectivity index (χ3v) is 9.10. The number of ether oxygens (including phenoxy) is 2. The minimum Gasteiger partial charge on any atom is -0.497 e. The highest BCUT2D eigenvalue weighted by Crippen LogP contribution is 2.32. The van der Waals surface area contributed by atoms with Gasteiger partial charge in [-0.25, -0.2) is 8.42 Å². The number of aromatic nitrogens is 2. The van der Waals surface area contributed by atoms with Crippen LogP contribution in [0.25, 0.3) is 0 Å². The highest BCUT2D eigenvalue weighted by molar-refractivity contribution is 8.01. The number of carbonyl (C=O) groups is 1. The number of carbonyl (C=O) groups excluding carboxylic acids is 1. The van der Waals surface area contributed by atoms with Crippen LogP contribution in [-0.2, 0) is 14.8 Å². The van der Waals surface area contributed by atoms with Crippen LogP contribution >= 0.6 is 23.1 Å². The molecule has 1 saturated heterocycles. The van der Waals surface area contributed by atoms with E-state index in [-0.39, 0.29) is 35.4 Å². The smallest absolute Gasteiger partial charge is 0.247 e. The first-order valence-corrected chi connectivity index (χ1v) is 13.4. The van der Waals surface area contributed by atoms with Crippen molar-refractivity contribution in [2.45, 2.75) is 28.1 Å². The predicted octanol–water partition coefficient (Wildman–Crippen LogP) is 1.75. The fraction of sp³-hybridized carbons (Fsp3) is 0.526. The van der Waals surface area contributed by atoms with E-state index in [9.17, 15) is 13.2 Å². The standard InChI is InChI=1S/C19H25N5O5S3/c1-28-14-5-6-15(29-2)16(11-14)32(26,27)24-9-7-23(8-10-24)17(25)12-30-19-22-21-18(31-19)20-13-3-4-13/h5-6,11,13H,3-4,7-10,12H2,1-2H3,(H,20,21). The molecule has 2 aliphatic rings. The molecule has 0 radical (unpaired) electrons. The quantitative estimate of drug-likeness (QED) is 0.516. The van der Waals surface area contributed by atoms with Crippen molar-refractivity contribution in [2.75, 3.05) is 51.5 Å². The van der Waals surface area contributed by atoms with Crippen molar-refractivity contribution < 1.29 is 22.7 Å². The van der Waals surface area contributed by atoms with Crippen LogP contribution < -0.4 is 14.8 Å². The van der Waals surface area contributed by atoms with E-state index in [4.69, 9.17) is 9.47 Å². The fourth-order valence-corrected chi connectivity index (χ4v) is 6.57. The summed E-state index contributed by atoms with van der Waals surface area (Å²) in [4.78, 5) is 14.4. The number of piperazine rings is 1. The molecule has 2 fully saturated rings. The number of nitrogens with zero attached hydrogens (tertiary/aromatic N) is 4. The van der Waals surface area contributed by atoms with Gasteiger partial charge in [0.25, 0.3) is 0 Å². The Kier molecular flexibility index (Phi) is 7.08. The maximum absolute atomic E-state index is 13.2. The van der Waals surface area contributed by atoms with Crippen molar-refractivity contribution >= 4 is 44.2 Å². The zero-order valence-electron chi connectivity index (χ0n) is 17.8. The van der Waals surface area contributed by atoms with E-state index in [2.05, 4.69) is 15.5 Å². The van der Waals surface area contributed by atoms with Crippen molar-refractivity contribution in [2.24, 2.45) is 0 Å². The first kappa shape index (κ1) is 23.1. The van der Waals surface area contributed by atoms with Gasteiger partial charge in [0.1, 0.15) is 16.4 Å². The van der Waals surface area contributed by atoms with Crippen molar-refractivity contribution in [1.29, 1.82) is 0 Å². The largest absolute Gasteiger partial charge is 0.497 e. The summed E-state index contributed by atoms with van der Waals surface area (Å²) in [6, 6.07) is 5.18. The van der Waals surface area contributed by atoms with Gasteiger partial charge in [0.2, 0.25) is 21.1 Å². The summed E-state index contributed by atoms with van der Waals surface area (Å²) in [6.07, 6.45) is 2.32. The average molecular weight is 500 g/mol. The predicted molar refractivity (Wildman–Crippen MR) is 122 cm³/mol. The number of hydrogen-bond acceptors (Lipinski definition) is 10. The van der Waals surface area contributed by atoms with Crippen LogP contribution in [-0.4, -0.2) is 85.9 Å². The summed E-state index contributed by atoms with van der Waals surface area (Å²) >= 11 is 2.80. The molecule has 2 heterocycles. The number of rotatable bonds is 9. The maximum Gasteiger partial charge on any atom is 0.247 e. The van der Waals surface area contributed by atoms with E-state index in [0.29, 0.717) is 24.9 Å². The number of benzene rings is 1. The van der Waals surface area contributed by atoms with Crippen LogP contribution in [0, 0.1) is 0 Å². The molecule has 1 aliphatic heterocycles. The molecule has 1 aromatic carbocycles. The fourth-order valence-electron chi connectivity index (χ4n) is 3.25. The van der Waals surface area contributed by atoms with E-state index in [1.807, 2.05) is 0 Å². The molecule has 0 unspecified atom stereocenters. The molecule has 1 amide bonds. The molecule has 2 aromatic rings. The molecular weight excluding hydrogens is 474 g/mol. The van der Waals surface area contributed by atoms with Gasteiger partial charge in [-0.05, 0) is 25.0 Å². The van der Waals surface area contributed by atoms with E-state index in [1.54, 1.807) is 17.0 Å². The molecule has 0 atom stereocenters. The Balaban J connectivity index is 1.32. The van der Waals surface area contributed by atoms with Gasteiger partial charge in [-0.2, -0.15) is 4.31 Å². The van der Waals surface area contributed by atoms with Crippen LogP contribution in [0.3, 0.4) is 0 Å². The lowest BCUT2D eigenvalue weighted by Crippen LogP contribution is -2.51. The molecule has 0 spiro atoms. The minimum atomic E-state index is -3.78. The van der Waals surface area contributed by atoms with E-state index >= 15 is 0 Å². The lowest BCUT2D eigenvalue weighted by molar-refractivity contribution is -0.129. The monoisotopic (exact) mass is 499 g/mol. The second kappa shape index (κ2) is 9.81. The minimum absolute atomic E-state index is 0.0436. The van der Waals surface area contributed by atoms with Crippen LogP contribution in [0.2, 0.25) is 0 Å². The van der Waals surface area contributed by atoms with Crippen molar-refractivity contribution in [3.63, 3.8) is 0 Å². The summed E-state index contributed by atoms with van der Waals surface area (Å²) < 4.78 is 38.9. The number of amides is 1. The van der Waals surface area contributed by atoms with Crippen molar-refractivity contribution in [3.05, 3.63) is 18.2 Å². The Morgan fingerprint density at radius 2 is 1.94 bits per heavy atom. The Hall–Kier alpha value is -2.09. The number of nitrogens with one attached hydrogen (secondary N) is 1. The van der Waals surface area contributed by atoms with Crippen molar-refractivity contribution in [1.82, 2.24) is 19.4 Å². The topological polar surface area (TPSA) is 114 Å². The van der Waals surface area contributed by atoms with Gasteiger partial charge in [0.05, 0.1) is 20.0 Å². The Morgan fingerprint density at radius 3 is 2.59 bits per heavy atom. The lowest BCUT2D eigenvalue weighted by atomic mass is 10.3. The first-order chi connectivity index (χ1) is 15.4. The van der Waals surface area contributed by atoms with Gasteiger partial charge in [0.15, 0.2) is 4.34 Å². The van der Waals surface area contributed by atoms with Crippen LogP contribution in [0.1, 0.15) is 12.8 Å². The Bertz CT molecular complexity index is 1070. The number of anilines is 1. The molecule has 0 bridgehead atoms. The van der Waals surface area contributed by atoms with Gasteiger partial charge in [-0.1, -0.05) is 23.1 Å². The van der Waals surface area contributed by atoms with Crippen LogP contribution in [0.15, 0.2) is 27.4 Å². The Morgan fingerprint density at radius 1 is 1.19 bits per heavy atom. The van der Waals surface area contributed by atoms with Gasteiger partial charge in [-0.15, -0.1) is 10.2 Å². The number of methoxy groups -OCH3 is 2. The summed E-state index contributed by atoms with van der Waals surface area (Å²) in [5, 5.41) is 12.3. The normalized spacial score (nSPS) is 17.2. The molecule has 174 valence electrons. The molecule has 1 N–H and O–H groups in total. The van der Waals surface area contributed by atoms with E-state index < -0.39 is 10.0 Å². The average Bonchev–Trinajstić information content (AvgIpc) is 3.52. The summed E-state index contributed by atoms with van der Waals surface area (Å²) in [7, 11) is -0.875. The Labute approximate surface area is 195 Å². The van der Waals surface area contributed by atoms with E-state index in [0.717, 1.165) is 22.3 Å². The highest BCUT2D eigenvalue weighted by atomic mass is 32.2. The molecule has 32 heavy (non-hydrogen) atoms. The van der Waals surface area contributed by atoms with Crippen LogP contribution in [0.5, 0.6) is 11.5 Å². The first-order valence-electron chi connectivity index (χ1n) is 10.1. The molecule has 1 aliphatic carbocycles. The van der Waals surface area contributed by atoms with Gasteiger partial charge in [-0.3, -0.25) is 4.79 Å². The molecule has 4 rings (SSSR count). The molecule has 1 aromatic heterocycles. The summed E-state index contributed by atoms with van der Waals surface area (Å²) in [6.45, 7) is 1.09. The molecule has 1 saturated carbocycles. The van der Waals surface area contributed by atoms with Crippen molar-refractivity contribution in [3.8, 4) is 11.5 Å². The van der Waals surface area contributed by atoms with Gasteiger partial charge >= 0.3 is 0 Å². The number of hydrogen-bond donors (Lipinski definition) is 1. The number of sulfonamides is 1.